The summed E-state index contributed by atoms with van der Waals surface area (Å²) in [5.41, 5.74) is -0.0272. The van der Waals surface area contributed by atoms with Crippen molar-refractivity contribution in [2.24, 2.45) is 0 Å². The van der Waals surface area contributed by atoms with Gasteiger partial charge >= 0.3 is 0 Å². The molecule has 1 aliphatic rings. The van der Waals surface area contributed by atoms with Crippen molar-refractivity contribution in [2.75, 3.05) is 11.9 Å². The van der Waals surface area contributed by atoms with Gasteiger partial charge in [0.05, 0.1) is 11.5 Å². The summed E-state index contributed by atoms with van der Waals surface area (Å²) >= 11 is 5.85. The van der Waals surface area contributed by atoms with Gasteiger partial charge in [-0.1, -0.05) is 43.7 Å². The molecule has 2 rings (SSSR count). The third-order valence-corrected chi connectivity index (χ3v) is 4.32. The Morgan fingerprint density at radius 1 is 1.22 bits per heavy atom. The van der Waals surface area contributed by atoms with E-state index >= 15 is 0 Å². The summed E-state index contributed by atoms with van der Waals surface area (Å²) in [6, 6.07) is 4.46. The van der Waals surface area contributed by atoms with Crippen LogP contribution in [0.5, 0.6) is 0 Å². The average molecular weight is 340 g/mol. The summed E-state index contributed by atoms with van der Waals surface area (Å²) in [6.45, 7) is 0.147. The number of nitrogens with one attached hydrogen (secondary N) is 2. The lowest BCUT2D eigenvalue weighted by molar-refractivity contribution is -0.383. The lowest BCUT2D eigenvalue weighted by Crippen LogP contribution is -2.36. The Balaban J connectivity index is 1.89. The molecule has 1 saturated carbocycles. The van der Waals surface area contributed by atoms with Gasteiger partial charge in [-0.25, -0.2) is 0 Å². The maximum Gasteiger partial charge on any atom is 0.292 e. The highest BCUT2D eigenvalue weighted by molar-refractivity contribution is 6.31. The molecular formula is C16H22ClN3O3. The molecular weight excluding hydrogens is 318 g/mol. The average Bonchev–Trinajstić information content (AvgIpc) is 2.45. The van der Waals surface area contributed by atoms with E-state index in [1.165, 1.54) is 50.3 Å². The minimum Gasteiger partial charge on any atom is -0.319 e. The molecule has 1 aromatic carbocycles. The normalized spacial score (nSPS) is 16.4. The molecule has 0 unspecified atom stereocenters. The van der Waals surface area contributed by atoms with Crippen LogP contribution in [0.25, 0.3) is 0 Å². The molecule has 1 aliphatic carbocycles. The van der Waals surface area contributed by atoms with E-state index in [2.05, 4.69) is 10.6 Å². The van der Waals surface area contributed by atoms with Crippen molar-refractivity contribution in [1.82, 2.24) is 5.32 Å². The molecule has 126 valence electrons. The van der Waals surface area contributed by atoms with E-state index in [0.717, 1.165) is 12.8 Å². The number of carbonyl (C=O) groups is 1. The fourth-order valence-electron chi connectivity index (χ4n) is 2.86. The zero-order valence-corrected chi connectivity index (χ0v) is 13.8. The molecule has 0 radical (unpaired) electrons. The van der Waals surface area contributed by atoms with E-state index in [-0.39, 0.29) is 23.8 Å². The van der Waals surface area contributed by atoms with Gasteiger partial charge in [-0.2, -0.15) is 0 Å². The lowest BCUT2D eigenvalue weighted by atomic mass is 9.97. The molecule has 0 spiro atoms. The maximum atomic E-state index is 12.1. The fourth-order valence-corrected chi connectivity index (χ4v) is 3.03. The zero-order chi connectivity index (χ0) is 16.7. The zero-order valence-electron chi connectivity index (χ0n) is 13.0. The summed E-state index contributed by atoms with van der Waals surface area (Å²) in [5.74, 6) is -0.294. The van der Waals surface area contributed by atoms with E-state index in [1.807, 2.05) is 0 Å². The molecule has 2 N–H and O–H groups in total. The second kappa shape index (κ2) is 8.84. The van der Waals surface area contributed by atoms with Gasteiger partial charge < -0.3 is 10.6 Å². The van der Waals surface area contributed by atoms with Crippen LogP contribution in [-0.2, 0) is 4.79 Å². The van der Waals surface area contributed by atoms with Crippen LogP contribution in [0, 0.1) is 10.1 Å². The standard InChI is InChI=1S/C16H22ClN3O3/c17-12-8-9-15(20(22)23)14(10-12)19-16(21)11-18-13-6-4-2-1-3-5-7-13/h8-10,13,18H,1-7,11H2,(H,19,21). The minimum absolute atomic E-state index is 0.131. The van der Waals surface area contributed by atoms with Crippen molar-refractivity contribution in [3.8, 4) is 0 Å². The summed E-state index contributed by atoms with van der Waals surface area (Å²) in [5, 5.41) is 17.2. The van der Waals surface area contributed by atoms with E-state index < -0.39 is 4.92 Å². The van der Waals surface area contributed by atoms with E-state index in [4.69, 9.17) is 11.6 Å². The highest BCUT2D eigenvalue weighted by Crippen LogP contribution is 2.27. The van der Waals surface area contributed by atoms with Crippen molar-refractivity contribution in [3.63, 3.8) is 0 Å². The van der Waals surface area contributed by atoms with Gasteiger partial charge in [-0.3, -0.25) is 14.9 Å². The van der Waals surface area contributed by atoms with Crippen molar-refractivity contribution >= 4 is 28.9 Å². The third kappa shape index (κ3) is 5.80. The van der Waals surface area contributed by atoms with Crippen LogP contribution in [0.15, 0.2) is 18.2 Å². The van der Waals surface area contributed by atoms with Crippen LogP contribution >= 0.6 is 11.6 Å². The number of anilines is 1. The quantitative estimate of drug-likeness (QED) is 0.629. The molecule has 1 amide bonds. The molecule has 1 fully saturated rings. The number of carbonyl (C=O) groups excluding carboxylic acids is 1. The number of halogens is 1. The number of amides is 1. The van der Waals surface area contributed by atoms with Crippen molar-refractivity contribution in [3.05, 3.63) is 33.3 Å². The number of benzene rings is 1. The smallest absolute Gasteiger partial charge is 0.292 e. The molecule has 0 aliphatic heterocycles. The van der Waals surface area contributed by atoms with Gasteiger partial charge in [-0.05, 0) is 25.0 Å². The number of rotatable bonds is 5. The first-order valence-corrected chi connectivity index (χ1v) is 8.41. The third-order valence-electron chi connectivity index (χ3n) is 4.09. The minimum atomic E-state index is -0.534. The Morgan fingerprint density at radius 3 is 2.52 bits per heavy atom. The van der Waals surface area contributed by atoms with Crippen LogP contribution in [0.3, 0.4) is 0 Å². The molecule has 7 heteroatoms. The SMILES string of the molecule is O=C(CNC1CCCCCCC1)Nc1cc(Cl)ccc1[N+](=O)[O-]. The Hall–Kier alpha value is -1.66. The van der Waals surface area contributed by atoms with E-state index in [1.54, 1.807) is 0 Å². The Bertz CT molecular complexity index is 558. The molecule has 0 bridgehead atoms. The second-order valence-corrected chi connectivity index (χ2v) is 6.33. The van der Waals surface area contributed by atoms with Gasteiger partial charge in [-0.15, -0.1) is 0 Å². The first-order chi connectivity index (χ1) is 11.1. The monoisotopic (exact) mass is 339 g/mol. The Labute approximate surface area is 140 Å². The Morgan fingerprint density at radius 2 is 1.87 bits per heavy atom. The van der Waals surface area contributed by atoms with Crippen molar-refractivity contribution < 1.29 is 9.72 Å². The van der Waals surface area contributed by atoms with Gasteiger partial charge in [0.1, 0.15) is 5.69 Å². The summed E-state index contributed by atoms with van der Waals surface area (Å²) in [7, 11) is 0. The molecule has 1 aromatic rings. The number of nitro benzene ring substituents is 1. The van der Waals surface area contributed by atoms with Gasteiger partial charge in [0, 0.05) is 17.1 Å². The van der Waals surface area contributed by atoms with Crippen LogP contribution in [0.2, 0.25) is 5.02 Å². The largest absolute Gasteiger partial charge is 0.319 e. The van der Waals surface area contributed by atoms with Crippen molar-refractivity contribution in [2.45, 2.75) is 51.0 Å². The topological polar surface area (TPSA) is 84.3 Å². The highest BCUT2D eigenvalue weighted by atomic mass is 35.5. The molecule has 0 aromatic heterocycles. The predicted octanol–water partition coefficient (Wildman–Crippen LogP) is 3.89. The molecule has 23 heavy (non-hydrogen) atoms. The fraction of sp³-hybridized carbons (Fsp3) is 0.562. The van der Waals surface area contributed by atoms with Gasteiger partial charge in [0.25, 0.3) is 5.69 Å². The first-order valence-electron chi connectivity index (χ1n) is 8.03. The van der Waals surface area contributed by atoms with Gasteiger partial charge in [0.15, 0.2) is 0 Å². The highest BCUT2D eigenvalue weighted by Gasteiger charge is 2.17. The second-order valence-electron chi connectivity index (χ2n) is 5.89. The molecule has 0 saturated heterocycles. The number of hydrogen-bond acceptors (Lipinski definition) is 4. The van der Waals surface area contributed by atoms with Crippen molar-refractivity contribution in [1.29, 1.82) is 0 Å². The first kappa shape index (κ1) is 17.7. The summed E-state index contributed by atoms with van der Waals surface area (Å²) in [4.78, 5) is 22.5. The predicted molar refractivity (Wildman–Crippen MR) is 90.8 cm³/mol. The van der Waals surface area contributed by atoms with Crippen LogP contribution < -0.4 is 10.6 Å². The van der Waals surface area contributed by atoms with Crippen LogP contribution in [0.1, 0.15) is 44.9 Å². The lowest BCUT2D eigenvalue weighted by Gasteiger charge is -2.20. The number of nitro groups is 1. The van der Waals surface area contributed by atoms with Crippen LogP contribution in [0.4, 0.5) is 11.4 Å². The number of nitrogens with zero attached hydrogens (tertiary/aromatic N) is 1. The van der Waals surface area contributed by atoms with E-state index in [9.17, 15) is 14.9 Å². The van der Waals surface area contributed by atoms with Crippen LogP contribution in [-0.4, -0.2) is 23.4 Å². The molecule has 6 nitrogen and oxygen atoms in total. The van der Waals surface area contributed by atoms with E-state index in [0.29, 0.717) is 11.1 Å². The molecule has 0 heterocycles. The number of hydrogen-bond donors (Lipinski definition) is 2. The van der Waals surface area contributed by atoms with Gasteiger partial charge in [0.2, 0.25) is 5.91 Å². The Kier molecular flexibility index (Phi) is 6.80. The molecule has 0 atom stereocenters. The summed E-state index contributed by atoms with van der Waals surface area (Å²) in [6.07, 6.45) is 8.30. The summed E-state index contributed by atoms with van der Waals surface area (Å²) < 4.78 is 0. The maximum absolute atomic E-state index is 12.1.